The Balaban J connectivity index is 1.33. The Morgan fingerprint density at radius 2 is 1.79 bits per heavy atom. The number of nitrogens with two attached hydrogens (primary N) is 1. The molecular weight excluding hydrogens is 459 g/mol. The normalized spacial score (nSPS) is 21.7. The number of amides is 1. The maximum absolute atomic E-state index is 13.1. The van der Waals surface area contributed by atoms with E-state index in [0.717, 1.165) is 11.1 Å². The maximum atomic E-state index is 13.1. The van der Waals surface area contributed by atoms with Crippen molar-refractivity contribution in [2.75, 3.05) is 0 Å². The van der Waals surface area contributed by atoms with Crippen molar-refractivity contribution in [3.05, 3.63) is 72.6 Å². The van der Waals surface area contributed by atoms with Crippen LogP contribution in [0.3, 0.4) is 0 Å². The second kappa shape index (κ2) is 9.65. The van der Waals surface area contributed by atoms with Crippen molar-refractivity contribution < 1.29 is 22.0 Å². The number of halogens is 1. The van der Waals surface area contributed by atoms with E-state index in [1.807, 2.05) is 6.92 Å². The Labute approximate surface area is 197 Å². The van der Waals surface area contributed by atoms with Crippen LogP contribution in [0.5, 0.6) is 0 Å². The Morgan fingerprint density at radius 3 is 2.38 bits per heavy atom. The van der Waals surface area contributed by atoms with Crippen molar-refractivity contribution in [3.8, 4) is 11.3 Å². The summed E-state index contributed by atoms with van der Waals surface area (Å²) in [6.07, 6.45) is 4.35. The molecule has 0 spiro atoms. The first-order valence-electron chi connectivity index (χ1n) is 11.0. The van der Waals surface area contributed by atoms with Gasteiger partial charge in [-0.15, -0.1) is 0 Å². The van der Waals surface area contributed by atoms with Crippen LogP contribution in [0.25, 0.3) is 11.3 Å². The van der Waals surface area contributed by atoms with E-state index in [2.05, 4.69) is 15.0 Å². The van der Waals surface area contributed by atoms with Gasteiger partial charge >= 0.3 is 0 Å². The standard InChI is InChI=1S/C24H27FN4O4S/c1-16(17-2-6-19(25)7-3-17)28-23(30)24(26)12-10-20(11-13-24)29-34(31,32)21-8-4-18(5-9-21)22-14-33-15-27-22/h2-9,14-16,20,29H,10-13,26H2,1H3,(H,28,30)/t16-,20-,24+/m1/s1. The quantitative estimate of drug-likeness (QED) is 0.470. The van der Waals surface area contributed by atoms with Crippen molar-refractivity contribution >= 4 is 15.9 Å². The number of hydrogen-bond acceptors (Lipinski definition) is 6. The van der Waals surface area contributed by atoms with Gasteiger partial charge in [0.1, 0.15) is 17.8 Å². The predicted octanol–water partition coefficient (Wildman–Crippen LogP) is 3.28. The van der Waals surface area contributed by atoms with Crippen molar-refractivity contribution in [1.82, 2.24) is 15.0 Å². The fraction of sp³-hybridized carbons (Fsp3) is 0.333. The number of sulfonamides is 1. The highest BCUT2D eigenvalue weighted by molar-refractivity contribution is 7.89. The molecule has 1 aliphatic rings. The van der Waals surface area contributed by atoms with Crippen LogP contribution < -0.4 is 15.8 Å². The van der Waals surface area contributed by atoms with Gasteiger partial charge in [-0.1, -0.05) is 24.3 Å². The maximum Gasteiger partial charge on any atom is 0.240 e. The SMILES string of the molecule is C[C@@H](NC(=O)[C@]1(N)CC[C@@H](NS(=O)(=O)c2ccc(-c3cocn3)cc2)CC1)c1ccc(F)cc1. The van der Waals surface area contributed by atoms with E-state index in [4.69, 9.17) is 10.2 Å². The lowest BCUT2D eigenvalue weighted by Crippen LogP contribution is -2.58. The smallest absolute Gasteiger partial charge is 0.240 e. The van der Waals surface area contributed by atoms with Crippen LogP contribution in [0.2, 0.25) is 0 Å². The fourth-order valence-corrected chi connectivity index (χ4v) is 5.41. The number of nitrogens with zero attached hydrogens (tertiary/aromatic N) is 1. The molecule has 3 aromatic rings. The van der Waals surface area contributed by atoms with E-state index in [1.54, 1.807) is 24.3 Å². The van der Waals surface area contributed by atoms with E-state index < -0.39 is 15.6 Å². The van der Waals surface area contributed by atoms with Gasteiger partial charge in [0.15, 0.2) is 6.39 Å². The van der Waals surface area contributed by atoms with Crippen molar-refractivity contribution in [2.45, 2.75) is 55.1 Å². The molecule has 2 aromatic carbocycles. The minimum absolute atomic E-state index is 0.148. The largest absolute Gasteiger partial charge is 0.451 e. The number of carbonyl (C=O) groups is 1. The molecule has 1 heterocycles. The first kappa shape index (κ1) is 24.1. The Kier molecular flexibility index (Phi) is 6.83. The molecule has 34 heavy (non-hydrogen) atoms. The second-order valence-corrected chi connectivity index (χ2v) is 10.4. The number of rotatable bonds is 7. The third kappa shape index (κ3) is 5.35. The third-order valence-electron chi connectivity index (χ3n) is 6.26. The molecule has 10 heteroatoms. The van der Waals surface area contributed by atoms with Gasteiger partial charge in [0.05, 0.1) is 16.5 Å². The summed E-state index contributed by atoms with van der Waals surface area (Å²) in [6, 6.07) is 11.7. The summed E-state index contributed by atoms with van der Waals surface area (Å²) in [6.45, 7) is 1.81. The van der Waals surface area contributed by atoms with Crippen LogP contribution >= 0.6 is 0 Å². The molecule has 4 N–H and O–H groups in total. The lowest BCUT2D eigenvalue weighted by Gasteiger charge is -2.36. The first-order valence-corrected chi connectivity index (χ1v) is 12.5. The summed E-state index contributed by atoms with van der Waals surface area (Å²) >= 11 is 0. The highest BCUT2D eigenvalue weighted by Crippen LogP contribution is 2.29. The molecule has 4 rings (SSSR count). The minimum Gasteiger partial charge on any atom is -0.451 e. The summed E-state index contributed by atoms with van der Waals surface area (Å²) in [5.41, 5.74) is 7.45. The van der Waals surface area contributed by atoms with Gasteiger partial charge in [-0.05, 0) is 62.4 Å². The van der Waals surface area contributed by atoms with E-state index in [1.165, 1.54) is 36.9 Å². The van der Waals surface area contributed by atoms with E-state index >= 15 is 0 Å². The summed E-state index contributed by atoms with van der Waals surface area (Å²) < 4.78 is 46.5. The molecule has 8 nitrogen and oxygen atoms in total. The van der Waals surface area contributed by atoms with Crippen LogP contribution in [0, 0.1) is 5.82 Å². The minimum atomic E-state index is -3.73. The topological polar surface area (TPSA) is 127 Å². The second-order valence-electron chi connectivity index (χ2n) is 8.70. The molecule has 1 amide bonds. The van der Waals surface area contributed by atoms with Gasteiger partial charge in [0, 0.05) is 11.6 Å². The summed E-state index contributed by atoms with van der Waals surface area (Å²) in [5, 5.41) is 2.89. The number of carbonyl (C=O) groups excluding carboxylic acids is 1. The van der Waals surface area contributed by atoms with E-state index in [0.29, 0.717) is 31.4 Å². The third-order valence-corrected chi connectivity index (χ3v) is 7.80. The monoisotopic (exact) mass is 486 g/mol. The van der Waals surface area contributed by atoms with E-state index in [9.17, 15) is 17.6 Å². The molecule has 1 aliphatic carbocycles. The Hall–Kier alpha value is -3.08. The Morgan fingerprint density at radius 1 is 1.15 bits per heavy atom. The molecule has 1 fully saturated rings. The van der Waals surface area contributed by atoms with Gasteiger partial charge in [0.2, 0.25) is 15.9 Å². The van der Waals surface area contributed by atoms with Gasteiger partial charge in [-0.25, -0.2) is 22.5 Å². The van der Waals surface area contributed by atoms with Crippen molar-refractivity contribution in [3.63, 3.8) is 0 Å². The number of aromatic nitrogens is 1. The molecular formula is C24H27FN4O4S. The first-order chi connectivity index (χ1) is 16.2. The highest BCUT2D eigenvalue weighted by Gasteiger charge is 2.39. The van der Waals surface area contributed by atoms with Crippen molar-refractivity contribution in [1.29, 1.82) is 0 Å². The van der Waals surface area contributed by atoms with Gasteiger partial charge < -0.3 is 15.5 Å². The van der Waals surface area contributed by atoms with E-state index in [-0.39, 0.29) is 28.7 Å². The van der Waals surface area contributed by atoms with Crippen LogP contribution in [-0.2, 0) is 14.8 Å². The zero-order chi connectivity index (χ0) is 24.3. The predicted molar refractivity (Wildman–Crippen MR) is 124 cm³/mol. The van der Waals surface area contributed by atoms with Gasteiger partial charge in [-0.3, -0.25) is 4.79 Å². The summed E-state index contributed by atoms with van der Waals surface area (Å²) in [7, 11) is -3.73. The molecule has 180 valence electrons. The molecule has 0 bridgehead atoms. The zero-order valence-corrected chi connectivity index (χ0v) is 19.5. The van der Waals surface area contributed by atoms with Crippen LogP contribution in [-0.4, -0.2) is 30.9 Å². The fourth-order valence-electron chi connectivity index (χ4n) is 4.10. The number of oxazole rings is 1. The van der Waals surface area contributed by atoms with Gasteiger partial charge in [-0.2, -0.15) is 0 Å². The van der Waals surface area contributed by atoms with Crippen molar-refractivity contribution in [2.24, 2.45) is 5.73 Å². The lowest BCUT2D eigenvalue weighted by molar-refractivity contribution is -0.128. The lowest BCUT2D eigenvalue weighted by atomic mass is 9.79. The molecule has 0 unspecified atom stereocenters. The number of hydrogen-bond donors (Lipinski definition) is 3. The zero-order valence-electron chi connectivity index (χ0n) is 18.7. The summed E-state index contributed by atoms with van der Waals surface area (Å²) in [5.74, 6) is -0.640. The van der Waals surface area contributed by atoms with Crippen LogP contribution in [0.4, 0.5) is 4.39 Å². The molecule has 1 saturated carbocycles. The summed E-state index contributed by atoms with van der Waals surface area (Å²) in [4.78, 5) is 17.0. The number of benzene rings is 2. The Bertz CT molecular complexity index is 1220. The molecule has 0 saturated heterocycles. The molecule has 1 aromatic heterocycles. The van der Waals surface area contributed by atoms with Gasteiger partial charge in [0.25, 0.3) is 0 Å². The molecule has 0 aliphatic heterocycles. The average Bonchev–Trinajstić information content (AvgIpc) is 3.36. The molecule has 0 radical (unpaired) electrons. The molecule has 1 atom stereocenters. The van der Waals surface area contributed by atoms with Crippen LogP contribution in [0.1, 0.15) is 44.2 Å². The number of nitrogens with one attached hydrogen (secondary N) is 2. The average molecular weight is 487 g/mol. The van der Waals surface area contributed by atoms with Crippen LogP contribution in [0.15, 0.2) is 70.5 Å². The highest BCUT2D eigenvalue weighted by atomic mass is 32.2.